The maximum Gasteiger partial charge on any atom is 0.326 e. The van der Waals surface area contributed by atoms with Crippen LogP contribution in [-0.4, -0.2) is 55.3 Å². The van der Waals surface area contributed by atoms with Crippen LogP contribution in [0, 0.1) is 0 Å². The van der Waals surface area contributed by atoms with Crippen molar-refractivity contribution in [2.45, 2.75) is 18.8 Å². The molecule has 0 heterocycles. The van der Waals surface area contributed by atoms with Crippen molar-refractivity contribution in [2.24, 2.45) is 0 Å². The summed E-state index contributed by atoms with van der Waals surface area (Å²) >= 11 is 5.44. The monoisotopic (exact) mass is 333 g/mol. The van der Waals surface area contributed by atoms with Crippen LogP contribution in [0.1, 0.15) is 5.56 Å². The van der Waals surface area contributed by atoms with Crippen molar-refractivity contribution in [3.63, 3.8) is 0 Å². The minimum absolute atomic E-state index is 0.00138. The van der Waals surface area contributed by atoms with Gasteiger partial charge in [0.05, 0.1) is 26.9 Å². The molecular weight excluding hydrogens is 314 g/mol. The third-order valence-electron chi connectivity index (χ3n) is 2.72. The average Bonchev–Trinajstić information content (AvgIpc) is 2.56. The second-order valence-electron chi connectivity index (χ2n) is 4.49. The summed E-state index contributed by atoms with van der Waals surface area (Å²) < 4.78 is 15.3. The lowest BCUT2D eigenvalue weighted by Crippen LogP contribution is -2.36. The third kappa shape index (κ3) is 6.59. The molecule has 0 saturated carbocycles. The Labute approximate surface area is 133 Å². The van der Waals surface area contributed by atoms with E-state index in [2.05, 4.69) is 9.57 Å². The van der Waals surface area contributed by atoms with Crippen LogP contribution >= 0.6 is 11.8 Å². The van der Waals surface area contributed by atoms with Gasteiger partial charge in [-0.2, -0.15) is 0 Å². The molecule has 0 amide bonds. The number of halogens is 1. The number of methoxy groups -OCH3 is 1. The van der Waals surface area contributed by atoms with E-state index >= 15 is 0 Å². The zero-order chi connectivity index (χ0) is 16.4. The molecule has 1 rings (SSSR count). The van der Waals surface area contributed by atoms with E-state index in [9.17, 15) is 9.90 Å². The van der Waals surface area contributed by atoms with Crippen LogP contribution in [0.5, 0.6) is 5.75 Å². The lowest BCUT2D eigenvalue weighted by molar-refractivity contribution is -0.144. The molecule has 0 saturated heterocycles. The summed E-state index contributed by atoms with van der Waals surface area (Å²) in [5, 5.41) is 18.0. The van der Waals surface area contributed by atoms with Gasteiger partial charge in [0, 0.05) is 0 Å². The van der Waals surface area contributed by atoms with Crippen LogP contribution in [0.2, 0.25) is 0 Å². The molecule has 3 N–H and O–H groups in total. The number of hydrogen-bond acceptors (Lipinski definition) is 7. The summed E-state index contributed by atoms with van der Waals surface area (Å²) in [7, 11) is 1.27. The molecule has 1 aromatic carbocycles. The van der Waals surface area contributed by atoms with Crippen molar-refractivity contribution in [3.8, 4) is 5.75 Å². The van der Waals surface area contributed by atoms with E-state index in [1.807, 2.05) is 6.07 Å². The van der Waals surface area contributed by atoms with Gasteiger partial charge in [-0.3, -0.25) is 4.79 Å². The highest BCUT2D eigenvalue weighted by Gasteiger charge is 2.17. The fourth-order valence-electron chi connectivity index (χ4n) is 1.55. The highest BCUT2D eigenvalue weighted by atomic mass is 35.5. The highest BCUT2D eigenvalue weighted by molar-refractivity contribution is 6.14. The number of aliphatic hydroxyl groups is 2. The van der Waals surface area contributed by atoms with E-state index in [4.69, 9.17) is 26.4 Å². The largest absolute Gasteiger partial charge is 0.491 e. The van der Waals surface area contributed by atoms with E-state index in [-0.39, 0.29) is 26.4 Å². The summed E-state index contributed by atoms with van der Waals surface area (Å²) in [6.45, 7) is -0.0408. The van der Waals surface area contributed by atoms with Gasteiger partial charge in [0.1, 0.15) is 24.5 Å². The fourth-order valence-corrected chi connectivity index (χ4v) is 1.70. The molecule has 0 radical (unpaired) electrons. The molecule has 0 bridgehead atoms. The zero-order valence-corrected chi connectivity index (χ0v) is 13.0. The van der Waals surface area contributed by atoms with Crippen molar-refractivity contribution >= 4 is 17.7 Å². The highest BCUT2D eigenvalue weighted by Crippen LogP contribution is 2.14. The molecule has 7 nitrogen and oxygen atoms in total. The summed E-state index contributed by atoms with van der Waals surface area (Å²) in [5.74, 6) is 0.0404. The lowest BCUT2D eigenvalue weighted by atomic mass is 10.2. The number of esters is 1. The van der Waals surface area contributed by atoms with Crippen LogP contribution in [-0.2, 0) is 20.9 Å². The second-order valence-corrected chi connectivity index (χ2v) is 4.71. The van der Waals surface area contributed by atoms with Gasteiger partial charge >= 0.3 is 5.97 Å². The van der Waals surface area contributed by atoms with Crippen molar-refractivity contribution in [1.29, 1.82) is 0 Å². The van der Waals surface area contributed by atoms with Crippen LogP contribution < -0.4 is 9.57 Å². The first kappa shape index (κ1) is 18.7. The van der Waals surface area contributed by atoms with Gasteiger partial charge in [0.25, 0.3) is 0 Å². The maximum atomic E-state index is 11.3. The van der Waals surface area contributed by atoms with E-state index in [0.29, 0.717) is 5.75 Å². The van der Waals surface area contributed by atoms with Crippen LogP contribution in [0.15, 0.2) is 24.3 Å². The molecule has 0 spiro atoms. The van der Waals surface area contributed by atoms with Gasteiger partial charge in [-0.15, -0.1) is 0 Å². The third-order valence-corrected chi connectivity index (χ3v) is 2.99. The number of hydrogen-bond donors (Lipinski definition) is 3. The Morgan fingerprint density at radius 1 is 1.41 bits per heavy atom. The van der Waals surface area contributed by atoms with Gasteiger partial charge in [-0.1, -0.05) is 12.1 Å². The molecule has 0 aliphatic rings. The van der Waals surface area contributed by atoms with E-state index in [1.54, 1.807) is 18.2 Å². The SMILES string of the molecule is COC(=O)[C@H](COCc1cccc(OCC(O)CO)c1)NCl. The Morgan fingerprint density at radius 3 is 2.82 bits per heavy atom. The predicted octanol–water partition coefficient (Wildman–Crippen LogP) is 0.220. The molecule has 0 aliphatic carbocycles. The summed E-state index contributed by atoms with van der Waals surface area (Å²) in [6.07, 6.45) is -0.921. The molecule has 0 aliphatic heterocycles. The first-order valence-corrected chi connectivity index (χ1v) is 7.01. The molecule has 8 heteroatoms. The summed E-state index contributed by atoms with van der Waals surface area (Å²) in [5.41, 5.74) is 0.828. The van der Waals surface area contributed by atoms with E-state index in [0.717, 1.165) is 5.56 Å². The Hall–Kier alpha value is -1.38. The second kappa shape index (κ2) is 10.4. The average molecular weight is 334 g/mol. The molecule has 124 valence electrons. The van der Waals surface area contributed by atoms with Crippen molar-refractivity contribution in [2.75, 3.05) is 26.9 Å². The van der Waals surface area contributed by atoms with Crippen LogP contribution in [0.3, 0.4) is 0 Å². The van der Waals surface area contributed by atoms with E-state index in [1.165, 1.54) is 7.11 Å². The van der Waals surface area contributed by atoms with Crippen molar-refractivity contribution in [1.82, 2.24) is 4.84 Å². The lowest BCUT2D eigenvalue weighted by Gasteiger charge is -2.13. The Kier molecular flexibility index (Phi) is 8.79. The normalized spacial score (nSPS) is 13.5. The van der Waals surface area contributed by atoms with Gasteiger partial charge in [0.15, 0.2) is 0 Å². The standard InChI is InChI=1S/C14H20ClNO6/c1-20-14(19)13(16-15)9-21-7-10-3-2-4-12(5-10)22-8-11(18)6-17/h2-5,11,13,16-18H,6-9H2,1H3/t11?,13-/m0/s1. The number of benzene rings is 1. The molecule has 0 fully saturated rings. The maximum absolute atomic E-state index is 11.3. The van der Waals surface area contributed by atoms with Gasteiger partial charge in [-0.05, 0) is 29.5 Å². The number of nitrogens with one attached hydrogen (secondary N) is 1. The smallest absolute Gasteiger partial charge is 0.326 e. The number of carbonyl (C=O) groups excluding carboxylic acids is 1. The molecule has 2 atom stereocenters. The number of rotatable bonds is 10. The number of carbonyl (C=O) groups is 1. The van der Waals surface area contributed by atoms with E-state index < -0.39 is 18.1 Å². The van der Waals surface area contributed by atoms with Crippen molar-refractivity contribution in [3.05, 3.63) is 29.8 Å². The quantitative estimate of drug-likeness (QED) is 0.416. The molecule has 22 heavy (non-hydrogen) atoms. The first-order chi connectivity index (χ1) is 10.6. The van der Waals surface area contributed by atoms with Crippen molar-refractivity contribution < 1.29 is 29.2 Å². The molecule has 1 aromatic rings. The Morgan fingerprint density at radius 2 is 2.18 bits per heavy atom. The Bertz CT molecular complexity index is 459. The van der Waals surface area contributed by atoms with Gasteiger partial charge in [0.2, 0.25) is 0 Å². The Balaban J connectivity index is 2.44. The number of aliphatic hydroxyl groups excluding tert-OH is 2. The topological polar surface area (TPSA) is 97.3 Å². The first-order valence-electron chi connectivity index (χ1n) is 6.63. The summed E-state index contributed by atoms with van der Waals surface area (Å²) in [6, 6.07) is 6.33. The van der Waals surface area contributed by atoms with Crippen LogP contribution in [0.4, 0.5) is 0 Å². The minimum Gasteiger partial charge on any atom is -0.491 e. The van der Waals surface area contributed by atoms with Gasteiger partial charge in [-0.25, -0.2) is 4.84 Å². The minimum atomic E-state index is -0.921. The zero-order valence-electron chi connectivity index (χ0n) is 12.2. The van der Waals surface area contributed by atoms with Gasteiger partial charge < -0.3 is 24.4 Å². The molecule has 1 unspecified atom stereocenters. The summed E-state index contributed by atoms with van der Waals surface area (Å²) in [4.78, 5) is 13.6. The van der Waals surface area contributed by atoms with Crippen LogP contribution in [0.25, 0.3) is 0 Å². The molecule has 0 aromatic heterocycles. The molecular formula is C14H20ClNO6. The number of ether oxygens (including phenoxy) is 3. The predicted molar refractivity (Wildman–Crippen MR) is 79.5 cm³/mol. The fraction of sp³-hybridized carbons (Fsp3) is 0.500.